The van der Waals surface area contributed by atoms with Crippen LogP contribution in [0, 0.1) is 35.4 Å². The van der Waals surface area contributed by atoms with Crippen molar-refractivity contribution in [1.82, 2.24) is 5.32 Å². The molecular formula is C30H49FN2O5. The lowest BCUT2D eigenvalue weighted by atomic mass is 9.81. The third-order valence-electron chi connectivity index (χ3n) is 8.49. The predicted molar refractivity (Wildman–Crippen MR) is 146 cm³/mol. The number of carbonyl (C=O) groups is 1. The predicted octanol–water partition coefficient (Wildman–Crippen LogP) is 4.09. The number of rotatable bonds is 17. The molecule has 1 saturated heterocycles. The molecule has 1 aliphatic carbocycles. The zero-order valence-electron chi connectivity index (χ0n) is 23.9. The van der Waals surface area contributed by atoms with E-state index in [1.54, 1.807) is 19.2 Å². The Labute approximate surface area is 228 Å². The summed E-state index contributed by atoms with van der Waals surface area (Å²) in [6, 6.07) is 4.52. The number of benzene rings is 1. The fourth-order valence-electron chi connectivity index (χ4n) is 5.63. The Kier molecular flexibility index (Phi) is 11.4. The Hall–Kier alpha value is -1.74. The number of aliphatic hydroxyl groups is 1. The van der Waals surface area contributed by atoms with Gasteiger partial charge in [0.2, 0.25) is 5.91 Å². The van der Waals surface area contributed by atoms with E-state index in [9.17, 15) is 14.3 Å². The summed E-state index contributed by atoms with van der Waals surface area (Å²) >= 11 is 0. The van der Waals surface area contributed by atoms with Gasteiger partial charge >= 0.3 is 0 Å². The minimum atomic E-state index is -0.795. The largest absolute Gasteiger partial charge is 0.490 e. The van der Waals surface area contributed by atoms with E-state index in [-0.39, 0.29) is 40.8 Å². The first-order chi connectivity index (χ1) is 18.1. The third kappa shape index (κ3) is 8.38. The van der Waals surface area contributed by atoms with Crippen LogP contribution < -0.4 is 15.8 Å². The van der Waals surface area contributed by atoms with Crippen LogP contribution in [0.4, 0.5) is 4.39 Å². The average Bonchev–Trinajstić information content (AvgIpc) is 3.42. The van der Waals surface area contributed by atoms with E-state index in [0.717, 1.165) is 25.0 Å². The highest BCUT2D eigenvalue weighted by Crippen LogP contribution is 2.53. The van der Waals surface area contributed by atoms with Gasteiger partial charge in [0.25, 0.3) is 0 Å². The second-order valence-electron chi connectivity index (χ2n) is 12.0. The Bertz CT molecular complexity index is 897. The second-order valence-corrected chi connectivity index (χ2v) is 12.0. The van der Waals surface area contributed by atoms with Crippen LogP contribution in [0.1, 0.15) is 65.4 Å². The van der Waals surface area contributed by atoms with Gasteiger partial charge in [-0.25, -0.2) is 4.39 Å². The molecule has 3 rings (SSSR count). The van der Waals surface area contributed by atoms with E-state index in [1.807, 2.05) is 13.8 Å². The molecule has 38 heavy (non-hydrogen) atoms. The fraction of sp³-hybridized carbons (Fsp3) is 0.767. The van der Waals surface area contributed by atoms with Gasteiger partial charge in [0, 0.05) is 45.2 Å². The van der Waals surface area contributed by atoms with E-state index < -0.39 is 12.1 Å². The van der Waals surface area contributed by atoms with Crippen LogP contribution in [0.5, 0.6) is 5.75 Å². The number of ether oxygens (including phenoxy) is 3. The molecule has 2 aliphatic rings. The minimum Gasteiger partial charge on any atom is -0.490 e. The van der Waals surface area contributed by atoms with Crippen LogP contribution >= 0.6 is 0 Å². The second kappa shape index (κ2) is 14.1. The van der Waals surface area contributed by atoms with Crippen molar-refractivity contribution >= 4 is 5.91 Å². The summed E-state index contributed by atoms with van der Waals surface area (Å²) in [6.07, 6.45) is 3.62. The average molecular weight is 537 g/mol. The van der Waals surface area contributed by atoms with Gasteiger partial charge in [-0.2, -0.15) is 0 Å². The zero-order valence-corrected chi connectivity index (χ0v) is 23.9. The van der Waals surface area contributed by atoms with Gasteiger partial charge in [0.05, 0.1) is 18.3 Å². The lowest BCUT2D eigenvalue weighted by Gasteiger charge is -2.30. The summed E-state index contributed by atoms with van der Waals surface area (Å²) in [4.78, 5) is 13.0. The van der Waals surface area contributed by atoms with Gasteiger partial charge in [-0.1, -0.05) is 33.8 Å². The maximum Gasteiger partial charge on any atom is 0.223 e. The number of fused-ring (bicyclic) bond motifs is 1. The number of halogens is 1. The zero-order chi connectivity index (χ0) is 27.9. The van der Waals surface area contributed by atoms with Gasteiger partial charge in [-0.05, 0) is 73.5 Å². The minimum absolute atomic E-state index is 0.0356. The highest BCUT2D eigenvalue weighted by Gasteiger charge is 2.58. The van der Waals surface area contributed by atoms with E-state index >= 15 is 0 Å². The molecule has 1 saturated carbocycles. The number of carbonyl (C=O) groups excluding carboxylic acids is 1. The van der Waals surface area contributed by atoms with Crippen molar-refractivity contribution in [2.75, 3.05) is 33.5 Å². The van der Waals surface area contributed by atoms with Crippen LogP contribution in [0.15, 0.2) is 18.2 Å². The summed E-state index contributed by atoms with van der Waals surface area (Å²) in [5.74, 6) is 0.659. The molecule has 8 heteroatoms. The first kappa shape index (κ1) is 30.8. The summed E-state index contributed by atoms with van der Waals surface area (Å²) in [6.45, 7) is 10.6. The van der Waals surface area contributed by atoms with Crippen molar-refractivity contribution in [3.8, 4) is 5.75 Å². The molecule has 0 radical (unpaired) electrons. The molecule has 1 aromatic carbocycles. The first-order valence-electron chi connectivity index (χ1n) is 14.3. The van der Waals surface area contributed by atoms with E-state index in [4.69, 9.17) is 19.9 Å². The van der Waals surface area contributed by atoms with E-state index in [0.29, 0.717) is 57.3 Å². The van der Waals surface area contributed by atoms with Gasteiger partial charge in [0.1, 0.15) is 0 Å². The van der Waals surface area contributed by atoms with Crippen molar-refractivity contribution in [2.24, 2.45) is 35.3 Å². The molecule has 1 aliphatic heterocycles. The molecule has 0 aromatic heterocycles. The number of nitrogens with one attached hydrogen (secondary N) is 1. The van der Waals surface area contributed by atoms with E-state index in [2.05, 4.69) is 19.2 Å². The van der Waals surface area contributed by atoms with E-state index in [1.165, 1.54) is 6.07 Å². The fourth-order valence-corrected chi connectivity index (χ4v) is 5.63. The molecule has 1 unspecified atom stereocenters. The lowest BCUT2D eigenvalue weighted by Crippen LogP contribution is -2.44. The molecular weight excluding hydrogens is 487 g/mol. The summed E-state index contributed by atoms with van der Waals surface area (Å²) in [5, 5.41) is 14.1. The van der Waals surface area contributed by atoms with Crippen molar-refractivity contribution in [2.45, 2.75) is 84.0 Å². The lowest BCUT2D eigenvalue weighted by molar-refractivity contribution is -0.128. The van der Waals surface area contributed by atoms with Crippen LogP contribution in [0.25, 0.3) is 0 Å². The standard InChI is InChI=1S/C30H49FN2O5/c1-19(2)22(13-21-7-8-25(31)28(14-21)37-11-6-10-36-5)15-26(32)27(34)16-24(20(3)4)29(35)33-18-30-17-23(30)9-12-38-30/h7-8,14,19-20,22-24,26-27,34H,6,9-13,15-18,32H2,1-5H3,(H,33,35)/t22-,23+,24-,26-,27-,30?/m0/s1. The maximum atomic E-state index is 14.3. The SMILES string of the molecule is COCCCOc1cc(C[C@@H](C[C@H](N)[C@@H](O)C[C@H](C(=O)NCC23C[C@H]2CCO3)C(C)C)C(C)C)ccc1F. The summed E-state index contributed by atoms with van der Waals surface area (Å²) in [7, 11) is 1.63. The Balaban J connectivity index is 1.54. The van der Waals surface area contributed by atoms with Crippen molar-refractivity contribution < 1.29 is 28.5 Å². The highest BCUT2D eigenvalue weighted by molar-refractivity contribution is 5.79. The number of hydrogen-bond acceptors (Lipinski definition) is 6. The van der Waals surface area contributed by atoms with Crippen LogP contribution in [0.2, 0.25) is 0 Å². The molecule has 216 valence electrons. The molecule has 2 fully saturated rings. The molecule has 6 atom stereocenters. The number of aliphatic hydroxyl groups excluding tert-OH is 1. The summed E-state index contributed by atoms with van der Waals surface area (Å²) < 4.78 is 30.8. The molecule has 1 amide bonds. The first-order valence-corrected chi connectivity index (χ1v) is 14.3. The smallest absolute Gasteiger partial charge is 0.223 e. The Morgan fingerprint density at radius 1 is 1.24 bits per heavy atom. The Morgan fingerprint density at radius 2 is 2.00 bits per heavy atom. The van der Waals surface area contributed by atoms with Gasteiger partial charge in [-0.15, -0.1) is 0 Å². The topological polar surface area (TPSA) is 103 Å². The Morgan fingerprint density at radius 3 is 2.61 bits per heavy atom. The molecule has 0 bridgehead atoms. The van der Waals surface area contributed by atoms with Crippen LogP contribution in [-0.2, 0) is 20.7 Å². The number of amides is 1. The van der Waals surface area contributed by atoms with Crippen LogP contribution in [0.3, 0.4) is 0 Å². The van der Waals surface area contributed by atoms with Crippen molar-refractivity contribution in [3.63, 3.8) is 0 Å². The molecule has 0 spiro atoms. The maximum absolute atomic E-state index is 14.3. The molecule has 1 aromatic rings. The highest BCUT2D eigenvalue weighted by atomic mass is 19.1. The number of nitrogens with two attached hydrogens (primary N) is 1. The van der Waals surface area contributed by atoms with Gasteiger partial charge in [-0.3, -0.25) is 4.79 Å². The molecule has 7 nitrogen and oxygen atoms in total. The van der Waals surface area contributed by atoms with Crippen molar-refractivity contribution in [3.05, 3.63) is 29.6 Å². The van der Waals surface area contributed by atoms with Crippen molar-refractivity contribution in [1.29, 1.82) is 0 Å². The quantitative estimate of drug-likeness (QED) is 0.259. The summed E-state index contributed by atoms with van der Waals surface area (Å²) in [5.41, 5.74) is 7.33. The third-order valence-corrected chi connectivity index (χ3v) is 8.49. The van der Waals surface area contributed by atoms with Crippen LogP contribution in [-0.4, -0.2) is 62.2 Å². The normalized spacial score (nSPS) is 23.7. The monoisotopic (exact) mass is 536 g/mol. The number of hydrogen-bond donors (Lipinski definition) is 3. The molecule has 4 N–H and O–H groups in total. The van der Waals surface area contributed by atoms with Gasteiger partial charge in [0.15, 0.2) is 11.6 Å². The number of methoxy groups -OCH3 is 1. The van der Waals surface area contributed by atoms with Gasteiger partial charge < -0.3 is 30.4 Å². The molecule has 1 heterocycles.